The molecule has 0 spiro atoms. The Bertz CT molecular complexity index is 652. The van der Waals surface area contributed by atoms with Gasteiger partial charge in [0.1, 0.15) is 5.75 Å². The Morgan fingerprint density at radius 1 is 1.17 bits per heavy atom. The monoisotopic (exact) mass is 311 g/mol. The van der Waals surface area contributed by atoms with Gasteiger partial charge in [0.2, 0.25) is 0 Å². The summed E-state index contributed by atoms with van der Waals surface area (Å²) in [6, 6.07) is 11.7. The molecule has 0 N–H and O–H groups in total. The molecule has 0 radical (unpaired) electrons. The highest BCUT2D eigenvalue weighted by molar-refractivity contribution is 5.93. The van der Waals surface area contributed by atoms with Crippen LogP contribution in [0.4, 0.5) is 0 Å². The Hall–Kier alpha value is -2.40. The van der Waals surface area contributed by atoms with Crippen molar-refractivity contribution >= 4 is 5.91 Å². The summed E-state index contributed by atoms with van der Waals surface area (Å²) in [5, 5.41) is 0. The lowest BCUT2D eigenvalue weighted by Gasteiger charge is -2.34. The molecule has 1 amide bonds. The zero-order chi connectivity index (χ0) is 16.1. The fourth-order valence-corrected chi connectivity index (χ4v) is 2.81. The maximum atomic E-state index is 12.4. The lowest BCUT2D eigenvalue weighted by atomic mass is 10.1. The number of rotatable bonds is 4. The molecule has 1 aliphatic heterocycles. The van der Waals surface area contributed by atoms with Crippen LogP contribution in [0.1, 0.15) is 15.9 Å². The first-order valence-corrected chi connectivity index (χ1v) is 7.81. The summed E-state index contributed by atoms with van der Waals surface area (Å²) in [5.74, 6) is 0.951. The molecule has 0 atom stereocenters. The molecule has 0 unspecified atom stereocenters. The summed E-state index contributed by atoms with van der Waals surface area (Å²) in [4.78, 5) is 20.7. The molecule has 0 saturated carbocycles. The third kappa shape index (κ3) is 3.87. The first kappa shape index (κ1) is 15.5. The van der Waals surface area contributed by atoms with Crippen LogP contribution in [0.2, 0.25) is 0 Å². The fourth-order valence-electron chi connectivity index (χ4n) is 2.81. The van der Waals surface area contributed by atoms with Crippen LogP contribution < -0.4 is 4.74 Å². The summed E-state index contributed by atoms with van der Waals surface area (Å²) in [5.41, 5.74) is 1.89. The summed E-state index contributed by atoms with van der Waals surface area (Å²) in [7, 11) is 1.68. The van der Waals surface area contributed by atoms with E-state index in [-0.39, 0.29) is 5.91 Å². The fraction of sp³-hybridized carbons (Fsp3) is 0.333. The van der Waals surface area contributed by atoms with Crippen molar-refractivity contribution in [2.45, 2.75) is 6.54 Å². The Labute approximate surface area is 136 Å². The maximum Gasteiger partial charge on any atom is 0.255 e. The van der Waals surface area contributed by atoms with Crippen molar-refractivity contribution in [2.24, 2.45) is 0 Å². The predicted octanol–water partition coefficient (Wildman–Crippen LogP) is 2.05. The molecule has 0 aliphatic carbocycles. The molecule has 5 nitrogen and oxygen atoms in total. The predicted molar refractivity (Wildman–Crippen MR) is 88.4 cm³/mol. The maximum absolute atomic E-state index is 12.4. The van der Waals surface area contributed by atoms with Crippen LogP contribution in [0.25, 0.3) is 0 Å². The van der Waals surface area contributed by atoms with Gasteiger partial charge >= 0.3 is 0 Å². The van der Waals surface area contributed by atoms with Crippen molar-refractivity contribution in [3.8, 4) is 5.75 Å². The number of carbonyl (C=O) groups excluding carboxylic acids is 1. The number of carbonyl (C=O) groups is 1. The standard InChI is InChI=1S/C18H21N3O2/c1-23-17-6-2-4-15(12-17)14-20-8-10-21(11-9-20)18(22)16-5-3-7-19-13-16/h2-7,12-13H,8-11,14H2,1H3. The topological polar surface area (TPSA) is 45.7 Å². The van der Waals surface area contributed by atoms with Crippen LogP contribution in [0.15, 0.2) is 48.8 Å². The Balaban J connectivity index is 1.55. The minimum atomic E-state index is 0.0686. The van der Waals surface area contributed by atoms with E-state index in [2.05, 4.69) is 22.0 Å². The molecule has 1 aromatic heterocycles. The van der Waals surface area contributed by atoms with E-state index in [9.17, 15) is 4.79 Å². The SMILES string of the molecule is COc1cccc(CN2CCN(C(=O)c3cccnc3)CC2)c1. The highest BCUT2D eigenvalue weighted by Gasteiger charge is 2.22. The summed E-state index contributed by atoms with van der Waals surface area (Å²) in [6.45, 7) is 4.13. The molecule has 1 aliphatic rings. The average Bonchev–Trinajstić information content (AvgIpc) is 2.63. The van der Waals surface area contributed by atoms with E-state index in [0.717, 1.165) is 38.5 Å². The lowest BCUT2D eigenvalue weighted by Crippen LogP contribution is -2.48. The van der Waals surface area contributed by atoms with Gasteiger partial charge < -0.3 is 9.64 Å². The van der Waals surface area contributed by atoms with Gasteiger partial charge in [0.25, 0.3) is 5.91 Å². The summed E-state index contributed by atoms with van der Waals surface area (Å²) >= 11 is 0. The molecule has 23 heavy (non-hydrogen) atoms. The first-order chi connectivity index (χ1) is 11.3. The number of ether oxygens (including phenoxy) is 1. The van der Waals surface area contributed by atoms with Crippen LogP contribution >= 0.6 is 0 Å². The van der Waals surface area contributed by atoms with Crippen molar-refractivity contribution < 1.29 is 9.53 Å². The second-order valence-corrected chi connectivity index (χ2v) is 5.66. The number of amides is 1. The minimum absolute atomic E-state index is 0.0686. The van der Waals surface area contributed by atoms with Crippen LogP contribution in [0.5, 0.6) is 5.75 Å². The molecule has 2 aromatic rings. The van der Waals surface area contributed by atoms with Crippen LogP contribution in [0, 0.1) is 0 Å². The highest BCUT2D eigenvalue weighted by Crippen LogP contribution is 2.16. The normalized spacial score (nSPS) is 15.4. The molecule has 1 fully saturated rings. The quantitative estimate of drug-likeness (QED) is 0.867. The van der Waals surface area contributed by atoms with E-state index in [1.165, 1.54) is 5.56 Å². The van der Waals surface area contributed by atoms with Gasteiger partial charge in [0.15, 0.2) is 0 Å². The Morgan fingerprint density at radius 3 is 2.70 bits per heavy atom. The minimum Gasteiger partial charge on any atom is -0.497 e. The summed E-state index contributed by atoms with van der Waals surface area (Å²) in [6.07, 6.45) is 3.31. The highest BCUT2D eigenvalue weighted by atomic mass is 16.5. The third-order valence-electron chi connectivity index (χ3n) is 4.11. The summed E-state index contributed by atoms with van der Waals surface area (Å²) < 4.78 is 5.26. The second kappa shape index (κ2) is 7.24. The number of piperazine rings is 1. The van der Waals surface area contributed by atoms with Gasteiger partial charge in [-0.05, 0) is 29.8 Å². The number of aromatic nitrogens is 1. The van der Waals surface area contributed by atoms with Crippen molar-refractivity contribution in [1.82, 2.24) is 14.8 Å². The van der Waals surface area contributed by atoms with Crippen LogP contribution in [-0.2, 0) is 6.54 Å². The number of pyridine rings is 1. The van der Waals surface area contributed by atoms with Crippen molar-refractivity contribution in [2.75, 3.05) is 33.3 Å². The molecular weight excluding hydrogens is 290 g/mol. The molecule has 120 valence electrons. The molecule has 3 rings (SSSR count). The largest absolute Gasteiger partial charge is 0.497 e. The number of hydrogen-bond acceptors (Lipinski definition) is 4. The van der Waals surface area contributed by atoms with Crippen molar-refractivity contribution in [3.05, 3.63) is 59.9 Å². The zero-order valence-corrected chi connectivity index (χ0v) is 13.3. The van der Waals surface area contributed by atoms with E-state index in [4.69, 9.17) is 4.74 Å². The zero-order valence-electron chi connectivity index (χ0n) is 13.3. The van der Waals surface area contributed by atoms with Gasteiger partial charge in [0.05, 0.1) is 12.7 Å². The second-order valence-electron chi connectivity index (χ2n) is 5.66. The number of hydrogen-bond donors (Lipinski definition) is 0. The third-order valence-corrected chi connectivity index (χ3v) is 4.11. The number of methoxy groups -OCH3 is 1. The van der Waals surface area contributed by atoms with E-state index < -0.39 is 0 Å². The van der Waals surface area contributed by atoms with Gasteiger partial charge in [-0.1, -0.05) is 12.1 Å². The molecule has 2 heterocycles. The molecular formula is C18H21N3O2. The molecule has 5 heteroatoms. The van der Waals surface area contributed by atoms with Crippen molar-refractivity contribution in [1.29, 1.82) is 0 Å². The van der Waals surface area contributed by atoms with E-state index in [1.54, 1.807) is 25.6 Å². The Kier molecular flexibility index (Phi) is 4.88. The van der Waals surface area contributed by atoms with Gasteiger partial charge in [-0.2, -0.15) is 0 Å². The lowest BCUT2D eigenvalue weighted by molar-refractivity contribution is 0.0628. The van der Waals surface area contributed by atoms with Gasteiger partial charge in [-0.15, -0.1) is 0 Å². The average molecular weight is 311 g/mol. The van der Waals surface area contributed by atoms with Crippen LogP contribution in [-0.4, -0.2) is 54.0 Å². The van der Waals surface area contributed by atoms with Gasteiger partial charge in [-0.25, -0.2) is 0 Å². The van der Waals surface area contributed by atoms with E-state index >= 15 is 0 Å². The first-order valence-electron chi connectivity index (χ1n) is 7.81. The molecule has 0 bridgehead atoms. The van der Waals surface area contributed by atoms with Gasteiger partial charge in [-0.3, -0.25) is 14.7 Å². The van der Waals surface area contributed by atoms with E-state index in [0.29, 0.717) is 5.56 Å². The molecule has 1 aromatic carbocycles. The van der Waals surface area contributed by atoms with Crippen molar-refractivity contribution in [3.63, 3.8) is 0 Å². The van der Waals surface area contributed by atoms with Crippen LogP contribution in [0.3, 0.4) is 0 Å². The van der Waals surface area contributed by atoms with E-state index in [1.807, 2.05) is 23.1 Å². The number of benzene rings is 1. The molecule has 1 saturated heterocycles. The van der Waals surface area contributed by atoms with Gasteiger partial charge in [0, 0.05) is 45.1 Å². The smallest absolute Gasteiger partial charge is 0.255 e. The Morgan fingerprint density at radius 2 is 2.00 bits per heavy atom. The number of nitrogens with zero attached hydrogens (tertiary/aromatic N) is 3.